The monoisotopic (exact) mass is 457 g/mol. The Morgan fingerprint density at radius 3 is 2.48 bits per heavy atom. The average molecular weight is 458 g/mol. The highest BCUT2D eigenvalue weighted by atomic mass is 35.5. The molecule has 2 heterocycles. The van der Waals surface area contributed by atoms with E-state index >= 15 is 0 Å². The summed E-state index contributed by atoms with van der Waals surface area (Å²) in [4.78, 5) is 33.8. The van der Waals surface area contributed by atoms with Crippen LogP contribution in [0.1, 0.15) is 33.2 Å². The van der Waals surface area contributed by atoms with Gasteiger partial charge in [-0.1, -0.05) is 35.1 Å². The molecule has 0 unspecified atom stereocenters. The Hall–Kier alpha value is -2.32. The molecule has 1 aliphatic heterocycles. The van der Waals surface area contributed by atoms with Gasteiger partial charge in [-0.25, -0.2) is 4.98 Å². The highest BCUT2D eigenvalue weighted by Gasteiger charge is 2.23. The van der Waals surface area contributed by atoms with Gasteiger partial charge >= 0.3 is 0 Å². The predicted molar refractivity (Wildman–Crippen MR) is 125 cm³/mol. The quantitative estimate of drug-likeness (QED) is 0.512. The number of thiazole rings is 1. The minimum Gasteiger partial charge on any atom is -0.379 e. The first kappa shape index (κ1) is 21.9. The van der Waals surface area contributed by atoms with Gasteiger partial charge in [0.2, 0.25) is 0 Å². The molecule has 6 nitrogen and oxygen atoms in total. The van der Waals surface area contributed by atoms with Crippen molar-refractivity contribution in [3.05, 3.63) is 58.1 Å². The van der Waals surface area contributed by atoms with Crippen molar-refractivity contribution in [2.24, 2.45) is 0 Å². The van der Waals surface area contributed by atoms with Crippen LogP contribution in [0.3, 0.4) is 0 Å². The van der Waals surface area contributed by atoms with Crippen LogP contribution in [0.4, 0.5) is 5.13 Å². The van der Waals surface area contributed by atoms with Crippen molar-refractivity contribution in [1.82, 2.24) is 9.88 Å². The second-order valence-electron chi connectivity index (χ2n) is 7.56. The Morgan fingerprint density at radius 1 is 1.13 bits per heavy atom. The number of nitrogens with zero attached hydrogens (tertiary/aromatic N) is 3. The Morgan fingerprint density at radius 2 is 1.81 bits per heavy atom. The molecule has 1 aromatic heterocycles. The van der Waals surface area contributed by atoms with Crippen LogP contribution in [-0.2, 0) is 4.74 Å². The zero-order valence-electron chi connectivity index (χ0n) is 17.6. The molecule has 4 rings (SSSR count). The molecule has 31 heavy (non-hydrogen) atoms. The van der Waals surface area contributed by atoms with E-state index in [0.29, 0.717) is 41.0 Å². The lowest BCUT2D eigenvalue weighted by Crippen LogP contribution is -2.43. The number of aryl methyl sites for hydroxylation is 1. The van der Waals surface area contributed by atoms with Crippen LogP contribution in [0.15, 0.2) is 36.4 Å². The number of amides is 1. The zero-order chi connectivity index (χ0) is 22.0. The lowest BCUT2D eigenvalue weighted by Gasteiger charge is -2.29. The van der Waals surface area contributed by atoms with Gasteiger partial charge in [0, 0.05) is 42.3 Å². The summed E-state index contributed by atoms with van der Waals surface area (Å²) in [6.45, 7) is 7.82. The maximum atomic E-state index is 13.5. The fourth-order valence-corrected chi connectivity index (χ4v) is 4.76. The fraction of sp³-hybridized carbons (Fsp3) is 0.348. The first-order valence-electron chi connectivity index (χ1n) is 10.2. The molecule has 0 N–H and O–H groups in total. The van der Waals surface area contributed by atoms with Crippen LogP contribution in [-0.4, -0.2) is 61.0 Å². The van der Waals surface area contributed by atoms with Gasteiger partial charge < -0.3 is 4.74 Å². The fourth-order valence-electron chi connectivity index (χ4n) is 3.56. The van der Waals surface area contributed by atoms with Gasteiger partial charge in [0.15, 0.2) is 10.9 Å². The largest absolute Gasteiger partial charge is 0.379 e. The summed E-state index contributed by atoms with van der Waals surface area (Å²) in [7, 11) is 0. The van der Waals surface area contributed by atoms with E-state index in [0.717, 1.165) is 35.4 Å². The SMILES string of the molecule is CC(=O)c1ccc(C(=O)N(CCN2CCOCC2)c2nc3c(C)c(Cl)ccc3s2)cc1. The van der Waals surface area contributed by atoms with Crippen molar-refractivity contribution in [3.8, 4) is 0 Å². The van der Waals surface area contributed by atoms with E-state index in [2.05, 4.69) is 4.90 Å². The predicted octanol–water partition coefficient (Wildman–Crippen LogP) is 4.44. The molecular formula is C23H24ClN3O3S. The highest BCUT2D eigenvalue weighted by molar-refractivity contribution is 7.22. The van der Waals surface area contributed by atoms with Crippen LogP contribution < -0.4 is 4.90 Å². The number of benzene rings is 2. The van der Waals surface area contributed by atoms with Gasteiger partial charge in [-0.3, -0.25) is 19.4 Å². The molecule has 1 fully saturated rings. The van der Waals surface area contributed by atoms with E-state index in [4.69, 9.17) is 21.3 Å². The summed E-state index contributed by atoms with van der Waals surface area (Å²) in [6, 6.07) is 10.6. The van der Waals surface area contributed by atoms with E-state index in [-0.39, 0.29) is 11.7 Å². The number of Topliss-reactive ketones (excluding diaryl/α,β-unsaturated/α-hetero) is 1. The van der Waals surface area contributed by atoms with Gasteiger partial charge in [0.05, 0.1) is 23.4 Å². The summed E-state index contributed by atoms with van der Waals surface area (Å²) < 4.78 is 6.42. The molecule has 1 amide bonds. The summed E-state index contributed by atoms with van der Waals surface area (Å²) in [5.41, 5.74) is 2.85. The van der Waals surface area contributed by atoms with Gasteiger partial charge in [-0.05, 0) is 43.7 Å². The number of rotatable bonds is 6. The Balaban J connectivity index is 1.65. The number of carbonyl (C=O) groups is 2. The number of fused-ring (bicyclic) bond motifs is 1. The third-order valence-corrected chi connectivity index (χ3v) is 6.95. The van der Waals surface area contributed by atoms with Gasteiger partial charge in [0.25, 0.3) is 5.91 Å². The van der Waals surface area contributed by atoms with E-state index < -0.39 is 0 Å². The molecular weight excluding hydrogens is 434 g/mol. The first-order valence-corrected chi connectivity index (χ1v) is 11.4. The van der Waals surface area contributed by atoms with Crippen LogP contribution in [0.5, 0.6) is 0 Å². The molecule has 0 aliphatic carbocycles. The van der Waals surface area contributed by atoms with Crippen LogP contribution in [0, 0.1) is 6.92 Å². The lowest BCUT2D eigenvalue weighted by atomic mass is 10.1. The van der Waals surface area contributed by atoms with Gasteiger partial charge in [-0.2, -0.15) is 0 Å². The highest BCUT2D eigenvalue weighted by Crippen LogP contribution is 2.34. The molecule has 0 radical (unpaired) electrons. The maximum Gasteiger partial charge on any atom is 0.260 e. The third kappa shape index (κ3) is 4.80. The summed E-state index contributed by atoms with van der Waals surface area (Å²) >= 11 is 7.76. The molecule has 162 valence electrons. The number of hydrogen-bond donors (Lipinski definition) is 0. The molecule has 8 heteroatoms. The smallest absolute Gasteiger partial charge is 0.260 e. The second kappa shape index (κ2) is 9.44. The van der Waals surface area contributed by atoms with E-state index in [9.17, 15) is 9.59 Å². The molecule has 3 aromatic rings. The number of anilines is 1. The van der Waals surface area contributed by atoms with E-state index in [1.807, 2.05) is 19.1 Å². The van der Waals surface area contributed by atoms with Crippen LogP contribution in [0.2, 0.25) is 5.02 Å². The maximum absolute atomic E-state index is 13.5. The van der Waals surface area contributed by atoms with Crippen LogP contribution >= 0.6 is 22.9 Å². The third-order valence-electron chi connectivity index (χ3n) is 5.49. The molecule has 1 aliphatic rings. The first-order chi connectivity index (χ1) is 14.9. The standard InChI is InChI=1S/C23H24ClN3O3S/c1-15-19(24)7-8-20-21(15)25-23(31-20)27(10-9-26-11-13-30-14-12-26)22(29)18-5-3-17(4-6-18)16(2)28/h3-8H,9-14H2,1-2H3. The number of ketones is 1. The Kier molecular flexibility index (Phi) is 6.67. The van der Waals surface area contributed by atoms with Crippen molar-refractivity contribution in [2.75, 3.05) is 44.3 Å². The minimum absolute atomic E-state index is 0.0262. The summed E-state index contributed by atoms with van der Waals surface area (Å²) in [5.74, 6) is -0.159. The Labute approximate surface area is 190 Å². The normalized spacial score (nSPS) is 14.7. The van der Waals surface area contributed by atoms with Gasteiger partial charge in [-0.15, -0.1) is 0 Å². The minimum atomic E-state index is -0.133. The molecule has 1 saturated heterocycles. The number of morpholine rings is 1. The topological polar surface area (TPSA) is 62.7 Å². The average Bonchev–Trinajstić information content (AvgIpc) is 3.22. The summed E-state index contributed by atoms with van der Waals surface area (Å²) in [6.07, 6.45) is 0. The number of carbonyl (C=O) groups excluding carboxylic acids is 2. The van der Waals surface area contributed by atoms with E-state index in [1.165, 1.54) is 18.3 Å². The van der Waals surface area contributed by atoms with Crippen molar-refractivity contribution >= 4 is 50.0 Å². The van der Waals surface area contributed by atoms with Crippen molar-refractivity contribution in [3.63, 3.8) is 0 Å². The second-order valence-corrected chi connectivity index (χ2v) is 8.98. The molecule has 0 spiro atoms. The number of hydrogen-bond acceptors (Lipinski definition) is 6. The molecule has 0 saturated carbocycles. The summed E-state index contributed by atoms with van der Waals surface area (Å²) in [5, 5.41) is 1.31. The molecule has 2 aromatic carbocycles. The number of ether oxygens (including phenoxy) is 1. The Bertz CT molecular complexity index is 1110. The molecule has 0 bridgehead atoms. The number of aromatic nitrogens is 1. The molecule has 0 atom stereocenters. The van der Waals surface area contributed by atoms with Crippen molar-refractivity contribution in [2.45, 2.75) is 13.8 Å². The lowest BCUT2D eigenvalue weighted by molar-refractivity contribution is 0.0391. The van der Waals surface area contributed by atoms with Gasteiger partial charge in [0.1, 0.15) is 0 Å². The van der Waals surface area contributed by atoms with Crippen molar-refractivity contribution < 1.29 is 14.3 Å². The van der Waals surface area contributed by atoms with Crippen molar-refractivity contribution in [1.29, 1.82) is 0 Å². The van der Waals surface area contributed by atoms with Crippen LogP contribution in [0.25, 0.3) is 10.2 Å². The van der Waals surface area contributed by atoms with E-state index in [1.54, 1.807) is 29.2 Å². The zero-order valence-corrected chi connectivity index (χ0v) is 19.1. The number of halogens is 1.